The van der Waals surface area contributed by atoms with Crippen LogP contribution in [0.4, 0.5) is 0 Å². The lowest BCUT2D eigenvalue weighted by molar-refractivity contribution is 0.212. The summed E-state index contributed by atoms with van der Waals surface area (Å²) < 4.78 is 10.7. The molecule has 102 valence electrons. The molecular formula is C15H18O3S. The first-order chi connectivity index (χ1) is 9.08. The van der Waals surface area contributed by atoms with E-state index < -0.39 is 6.10 Å². The maximum absolute atomic E-state index is 10.6. The minimum absolute atomic E-state index is 0.635. The Bertz CT molecular complexity index is 533. The molecule has 1 aromatic heterocycles. The van der Waals surface area contributed by atoms with Gasteiger partial charge >= 0.3 is 0 Å². The van der Waals surface area contributed by atoms with Crippen molar-refractivity contribution in [2.24, 2.45) is 0 Å². The van der Waals surface area contributed by atoms with Crippen molar-refractivity contribution in [3.63, 3.8) is 0 Å². The molecule has 0 amide bonds. The Labute approximate surface area is 117 Å². The highest BCUT2D eigenvalue weighted by Gasteiger charge is 2.22. The number of aliphatic hydroxyl groups is 1. The monoisotopic (exact) mass is 278 g/mol. The van der Waals surface area contributed by atoms with Gasteiger partial charge in [-0.25, -0.2) is 0 Å². The number of hydrogen-bond acceptors (Lipinski definition) is 4. The van der Waals surface area contributed by atoms with Gasteiger partial charge < -0.3 is 14.6 Å². The van der Waals surface area contributed by atoms with Gasteiger partial charge in [0.1, 0.15) is 17.6 Å². The van der Waals surface area contributed by atoms with Gasteiger partial charge in [0.15, 0.2) is 0 Å². The number of aliphatic hydroxyl groups excluding tert-OH is 1. The van der Waals surface area contributed by atoms with Crippen LogP contribution in [0.15, 0.2) is 24.3 Å². The molecule has 0 aliphatic rings. The molecule has 1 heterocycles. The molecule has 0 fully saturated rings. The predicted octanol–water partition coefficient (Wildman–Crippen LogP) is 3.46. The number of ether oxygens (including phenoxy) is 2. The minimum Gasteiger partial charge on any atom is -0.496 e. The van der Waals surface area contributed by atoms with Crippen molar-refractivity contribution >= 4 is 11.3 Å². The van der Waals surface area contributed by atoms with Gasteiger partial charge in [0.05, 0.1) is 19.8 Å². The minimum atomic E-state index is -0.733. The van der Waals surface area contributed by atoms with Crippen molar-refractivity contribution in [2.45, 2.75) is 20.0 Å². The molecule has 0 aliphatic carbocycles. The molecule has 4 heteroatoms. The molecule has 19 heavy (non-hydrogen) atoms. The topological polar surface area (TPSA) is 38.7 Å². The maximum Gasteiger partial charge on any atom is 0.128 e. The van der Waals surface area contributed by atoms with Gasteiger partial charge in [-0.1, -0.05) is 6.07 Å². The molecule has 1 atom stereocenters. The zero-order chi connectivity index (χ0) is 14.0. The van der Waals surface area contributed by atoms with E-state index in [4.69, 9.17) is 9.47 Å². The summed E-state index contributed by atoms with van der Waals surface area (Å²) in [6.45, 7) is 4.09. The molecule has 2 rings (SSSR count). The van der Waals surface area contributed by atoms with Crippen LogP contribution in [0.5, 0.6) is 11.5 Å². The van der Waals surface area contributed by atoms with E-state index in [1.165, 1.54) is 10.4 Å². The van der Waals surface area contributed by atoms with E-state index in [1.807, 2.05) is 31.2 Å². The summed E-state index contributed by atoms with van der Waals surface area (Å²) in [5.41, 5.74) is 1.86. The molecule has 0 aliphatic heterocycles. The van der Waals surface area contributed by atoms with E-state index >= 15 is 0 Å². The average molecular weight is 278 g/mol. The first kappa shape index (κ1) is 13.9. The van der Waals surface area contributed by atoms with Crippen LogP contribution in [0.1, 0.15) is 27.0 Å². The number of benzene rings is 1. The normalized spacial score (nSPS) is 12.3. The molecule has 3 nitrogen and oxygen atoms in total. The van der Waals surface area contributed by atoms with Crippen LogP contribution in [0.25, 0.3) is 0 Å². The van der Waals surface area contributed by atoms with Gasteiger partial charge in [-0.05, 0) is 37.6 Å². The first-order valence-corrected chi connectivity index (χ1v) is 6.86. The smallest absolute Gasteiger partial charge is 0.128 e. The second kappa shape index (κ2) is 5.63. The van der Waals surface area contributed by atoms with Crippen LogP contribution in [-0.4, -0.2) is 19.3 Å². The highest BCUT2D eigenvalue weighted by atomic mass is 32.1. The molecular weight excluding hydrogens is 260 g/mol. The Morgan fingerprint density at radius 2 is 1.68 bits per heavy atom. The molecule has 2 aromatic rings. The summed E-state index contributed by atoms with van der Waals surface area (Å²) in [7, 11) is 3.19. The zero-order valence-corrected chi connectivity index (χ0v) is 12.4. The second-order valence-electron chi connectivity index (χ2n) is 4.37. The molecule has 1 N–H and O–H groups in total. The Hall–Kier alpha value is -1.52. The Balaban J connectivity index is 2.50. The quantitative estimate of drug-likeness (QED) is 0.930. The number of aryl methyl sites for hydroxylation is 2. The van der Waals surface area contributed by atoms with E-state index in [-0.39, 0.29) is 0 Å². The third-order valence-corrected chi connectivity index (χ3v) is 4.40. The number of methoxy groups -OCH3 is 2. The highest BCUT2D eigenvalue weighted by molar-refractivity contribution is 7.12. The fourth-order valence-corrected chi connectivity index (χ4v) is 3.07. The standard InChI is InChI=1S/C15H18O3S/c1-9-8-13(19-10(9)2)15(16)14-11(17-3)6-5-7-12(14)18-4/h5-8,15-16H,1-4H3. The lowest BCUT2D eigenvalue weighted by Gasteiger charge is -2.17. The molecule has 0 spiro atoms. The van der Waals surface area contributed by atoms with Crippen LogP contribution in [0, 0.1) is 13.8 Å². The fourth-order valence-electron chi connectivity index (χ4n) is 2.03. The van der Waals surface area contributed by atoms with E-state index in [0.717, 1.165) is 4.88 Å². The van der Waals surface area contributed by atoms with Crippen molar-refractivity contribution < 1.29 is 14.6 Å². The Kier molecular flexibility index (Phi) is 4.12. The van der Waals surface area contributed by atoms with Gasteiger partial charge in [0.2, 0.25) is 0 Å². The van der Waals surface area contributed by atoms with Gasteiger partial charge in [-0.15, -0.1) is 11.3 Å². The van der Waals surface area contributed by atoms with Gasteiger partial charge in [-0.2, -0.15) is 0 Å². The number of rotatable bonds is 4. The van der Waals surface area contributed by atoms with Gasteiger partial charge in [0.25, 0.3) is 0 Å². The number of thiophene rings is 1. The van der Waals surface area contributed by atoms with E-state index in [1.54, 1.807) is 25.6 Å². The van der Waals surface area contributed by atoms with Crippen LogP contribution in [0.3, 0.4) is 0 Å². The summed E-state index contributed by atoms with van der Waals surface area (Å²) in [5.74, 6) is 1.27. The maximum atomic E-state index is 10.6. The van der Waals surface area contributed by atoms with Gasteiger partial charge in [-0.3, -0.25) is 0 Å². The van der Waals surface area contributed by atoms with Crippen LogP contribution in [0.2, 0.25) is 0 Å². The lowest BCUT2D eigenvalue weighted by Crippen LogP contribution is -2.03. The van der Waals surface area contributed by atoms with Crippen molar-refractivity contribution in [3.8, 4) is 11.5 Å². The lowest BCUT2D eigenvalue weighted by atomic mass is 10.0. The van der Waals surface area contributed by atoms with E-state index in [9.17, 15) is 5.11 Å². The third kappa shape index (κ3) is 2.60. The van der Waals surface area contributed by atoms with Crippen LogP contribution >= 0.6 is 11.3 Å². The van der Waals surface area contributed by atoms with Gasteiger partial charge in [0, 0.05) is 9.75 Å². The summed E-state index contributed by atoms with van der Waals surface area (Å²) >= 11 is 1.59. The summed E-state index contributed by atoms with van der Waals surface area (Å²) in [5, 5.41) is 10.6. The molecule has 0 saturated carbocycles. The average Bonchev–Trinajstić information content (AvgIpc) is 2.76. The predicted molar refractivity (Wildman–Crippen MR) is 77.4 cm³/mol. The Morgan fingerprint density at radius 1 is 1.11 bits per heavy atom. The second-order valence-corrected chi connectivity index (χ2v) is 5.65. The zero-order valence-electron chi connectivity index (χ0n) is 11.6. The van der Waals surface area contributed by atoms with Crippen LogP contribution in [-0.2, 0) is 0 Å². The SMILES string of the molecule is COc1cccc(OC)c1C(O)c1cc(C)c(C)s1. The summed E-state index contributed by atoms with van der Waals surface area (Å²) in [4.78, 5) is 2.11. The molecule has 0 radical (unpaired) electrons. The van der Waals surface area contributed by atoms with Crippen molar-refractivity contribution in [1.82, 2.24) is 0 Å². The van der Waals surface area contributed by atoms with E-state index in [0.29, 0.717) is 17.1 Å². The highest BCUT2D eigenvalue weighted by Crippen LogP contribution is 2.39. The van der Waals surface area contributed by atoms with Crippen LogP contribution < -0.4 is 9.47 Å². The summed E-state index contributed by atoms with van der Waals surface area (Å²) in [6, 6.07) is 7.51. The fraction of sp³-hybridized carbons (Fsp3) is 0.333. The van der Waals surface area contributed by atoms with Crippen molar-refractivity contribution in [3.05, 3.63) is 45.1 Å². The van der Waals surface area contributed by atoms with Crippen molar-refractivity contribution in [2.75, 3.05) is 14.2 Å². The Morgan fingerprint density at radius 3 is 2.11 bits per heavy atom. The molecule has 0 bridgehead atoms. The van der Waals surface area contributed by atoms with Crippen molar-refractivity contribution in [1.29, 1.82) is 0 Å². The largest absolute Gasteiger partial charge is 0.496 e. The molecule has 1 unspecified atom stereocenters. The third-order valence-electron chi connectivity index (χ3n) is 3.19. The summed E-state index contributed by atoms with van der Waals surface area (Å²) in [6.07, 6.45) is -0.733. The number of hydrogen-bond donors (Lipinski definition) is 1. The van der Waals surface area contributed by atoms with E-state index in [2.05, 4.69) is 6.92 Å². The first-order valence-electron chi connectivity index (χ1n) is 6.04. The molecule has 1 aromatic carbocycles. The molecule has 0 saturated heterocycles.